The quantitative estimate of drug-likeness (QED) is 0.742. The lowest BCUT2D eigenvalue weighted by molar-refractivity contribution is 0.248. The van der Waals surface area contributed by atoms with E-state index in [9.17, 15) is 4.79 Å². The molecule has 5 nitrogen and oxygen atoms in total. The first-order valence-corrected chi connectivity index (χ1v) is 5.59. The lowest BCUT2D eigenvalue weighted by Gasteiger charge is -2.11. The van der Waals surface area contributed by atoms with E-state index in [-0.39, 0.29) is 11.9 Å². The van der Waals surface area contributed by atoms with Gasteiger partial charge in [-0.1, -0.05) is 19.1 Å². The van der Waals surface area contributed by atoms with Crippen LogP contribution in [0, 0.1) is 5.41 Å². The van der Waals surface area contributed by atoms with Crippen LogP contribution < -0.4 is 15.4 Å². The van der Waals surface area contributed by atoms with Crippen molar-refractivity contribution < 1.29 is 9.53 Å². The first kappa shape index (κ1) is 11.4. The van der Waals surface area contributed by atoms with Crippen molar-refractivity contribution in [2.24, 2.45) is 0 Å². The molecule has 1 saturated heterocycles. The standard InChI is InChI=1S/C12H15N3O2/c1-2-6-17-9-5-3-4-8(7-9)10-11(13)15-12(16)14-10/h3-5,7,10H,2,6H2,1H3,(H3,13,14,15,16). The van der Waals surface area contributed by atoms with Crippen molar-refractivity contribution in [3.8, 4) is 5.75 Å². The van der Waals surface area contributed by atoms with Gasteiger partial charge in [-0.2, -0.15) is 0 Å². The Hall–Kier alpha value is -2.04. The van der Waals surface area contributed by atoms with Gasteiger partial charge in [-0.15, -0.1) is 0 Å². The molecule has 0 aromatic heterocycles. The second-order valence-corrected chi connectivity index (χ2v) is 3.87. The molecular weight excluding hydrogens is 218 g/mol. The molecule has 1 aromatic rings. The summed E-state index contributed by atoms with van der Waals surface area (Å²) < 4.78 is 5.51. The van der Waals surface area contributed by atoms with E-state index in [1.165, 1.54) is 0 Å². The molecule has 1 atom stereocenters. The van der Waals surface area contributed by atoms with E-state index in [1.807, 2.05) is 31.2 Å². The zero-order valence-corrected chi connectivity index (χ0v) is 9.62. The first-order valence-electron chi connectivity index (χ1n) is 5.59. The molecule has 1 aromatic carbocycles. The Morgan fingerprint density at radius 2 is 2.29 bits per heavy atom. The van der Waals surface area contributed by atoms with Crippen LogP contribution in [0.15, 0.2) is 24.3 Å². The normalized spacial score (nSPS) is 18.8. The van der Waals surface area contributed by atoms with Crippen molar-refractivity contribution in [1.29, 1.82) is 5.41 Å². The molecule has 0 radical (unpaired) electrons. The number of rotatable bonds is 4. The third-order valence-corrected chi connectivity index (χ3v) is 2.48. The molecule has 2 rings (SSSR count). The van der Waals surface area contributed by atoms with Gasteiger partial charge in [0.25, 0.3) is 0 Å². The molecule has 17 heavy (non-hydrogen) atoms. The van der Waals surface area contributed by atoms with Gasteiger partial charge in [-0.3, -0.25) is 10.7 Å². The van der Waals surface area contributed by atoms with Crippen LogP contribution in [0.1, 0.15) is 24.9 Å². The highest BCUT2D eigenvalue weighted by Gasteiger charge is 2.27. The van der Waals surface area contributed by atoms with E-state index in [2.05, 4.69) is 10.6 Å². The van der Waals surface area contributed by atoms with Crippen molar-refractivity contribution in [2.45, 2.75) is 19.4 Å². The van der Waals surface area contributed by atoms with Crippen LogP contribution in [0.25, 0.3) is 0 Å². The number of carbonyl (C=O) groups excluding carboxylic acids is 1. The molecule has 1 unspecified atom stereocenters. The first-order chi connectivity index (χ1) is 8.20. The van der Waals surface area contributed by atoms with E-state index >= 15 is 0 Å². The van der Waals surface area contributed by atoms with Crippen LogP contribution in [0.2, 0.25) is 0 Å². The van der Waals surface area contributed by atoms with Crippen LogP contribution in [-0.4, -0.2) is 18.5 Å². The summed E-state index contributed by atoms with van der Waals surface area (Å²) in [6.45, 7) is 2.71. The molecule has 1 aliphatic rings. The van der Waals surface area contributed by atoms with Gasteiger partial charge in [0.1, 0.15) is 17.6 Å². The second-order valence-electron chi connectivity index (χ2n) is 3.87. The van der Waals surface area contributed by atoms with Crippen molar-refractivity contribution in [1.82, 2.24) is 10.6 Å². The van der Waals surface area contributed by atoms with Gasteiger partial charge in [0.2, 0.25) is 0 Å². The topological polar surface area (TPSA) is 74.2 Å². The molecule has 3 N–H and O–H groups in total. The number of hydrogen-bond donors (Lipinski definition) is 3. The average molecular weight is 233 g/mol. The monoisotopic (exact) mass is 233 g/mol. The fraction of sp³-hybridized carbons (Fsp3) is 0.333. The van der Waals surface area contributed by atoms with Crippen molar-refractivity contribution in [2.75, 3.05) is 6.61 Å². The number of urea groups is 1. The summed E-state index contributed by atoms with van der Waals surface area (Å²) in [5.41, 5.74) is 0.849. The molecule has 90 valence electrons. The summed E-state index contributed by atoms with van der Waals surface area (Å²) >= 11 is 0. The Labute approximate surface area is 99.7 Å². The average Bonchev–Trinajstić information content (AvgIpc) is 2.66. The third-order valence-electron chi connectivity index (χ3n) is 2.48. The molecule has 0 saturated carbocycles. The number of nitrogens with one attached hydrogen (secondary N) is 3. The summed E-state index contributed by atoms with van der Waals surface area (Å²) in [5.74, 6) is 0.931. The summed E-state index contributed by atoms with van der Waals surface area (Å²) in [4.78, 5) is 11.1. The third kappa shape index (κ3) is 2.55. The smallest absolute Gasteiger partial charge is 0.321 e. The van der Waals surface area contributed by atoms with E-state index in [1.54, 1.807) is 0 Å². The van der Waals surface area contributed by atoms with Crippen molar-refractivity contribution in [3.05, 3.63) is 29.8 Å². The van der Waals surface area contributed by atoms with E-state index in [0.717, 1.165) is 17.7 Å². The fourth-order valence-electron chi connectivity index (χ4n) is 1.69. The molecule has 1 fully saturated rings. The van der Waals surface area contributed by atoms with Crippen LogP contribution in [0.3, 0.4) is 0 Å². The van der Waals surface area contributed by atoms with Crippen molar-refractivity contribution in [3.63, 3.8) is 0 Å². The van der Waals surface area contributed by atoms with E-state index in [0.29, 0.717) is 6.61 Å². The number of amidine groups is 1. The summed E-state index contributed by atoms with van der Waals surface area (Å²) in [7, 11) is 0. The molecule has 0 aliphatic carbocycles. The predicted molar refractivity (Wildman–Crippen MR) is 64.4 cm³/mol. The zero-order chi connectivity index (χ0) is 12.3. The minimum atomic E-state index is -0.396. The number of hydrogen-bond acceptors (Lipinski definition) is 3. The minimum absolute atomic E-state index is 0.169. The summed E-state index contributed by atoms with van der Waals surface area (Å²) in [6.07, 6.45) is 0.946. The summed E-state index contributed by atoms with van der Waals surface area (Å²) in [5, 5.41) is 12.7. The van der Waals surface area contributed by atoms with Crippen LogP contribution >= 0.6 is 0 Å². The maximum absolute atomic E-state index is 11.1. The zero-order valence-electron chi connectivity index (χ0n) is 9.62. The number of benzene rings is 1. The van der Waals surface area contributed by atoms with Gasteiger partial charge in [0.15, 0.2) is 0 Å². The maximum atomic E-state index is 11.1. The van der Waals surface area contributed by atoms with E-state index in [4.69, 9.17) is 10.1 Å². The number of carbonyl (C=O) groups is 1. The van der Waals surface area contributed by atoms with Crippen LogP contribution in [0.5, 0.6) is 5.75 Å². The molecule has 2 amide bonds. The highest BCUT2D eigenvalue weighted by Crippen LogP contribution is 2.21. The van der Waals surface area contributed by atoms with Crippen LogP contribution in [0.4, 0.5) is 4.79 Å². The Morgan fingerprint density at radius 3 is 2.94 bits per heavy atom. The van der Waals surface area contributed by atoms with Gasteiger partial charge < -0.3 is 10.1 Å². The SMILES string of the molecule is CCCOc1cccc(C2NC(=O)NC2=N)c1. The number of ether oxygens (including phenoxy) is 1. The summed E-state index contributed by atoms with van der Waals surface area (Å²) in [6, 6.07) is 6.71. The van der Waals surface area contributed by atoms with Gasteiger partial charge in [-0.05, 0) is 24.1 Å². The van der Waals surface area contributed by atoms with Crippen LogP contribution in [-0.2, 0) is 0 Å². The Kier molecular flexibility index (Phi) is 3.27. The lowest BCUT2D eigenvalue weighted by atomic mass is 10.1. The van der Waals surface area contributed by atoms with Gasteiger partial charge in [0, 0.05) is 0 Å². The maximum Gasteiger partial charge on any atom is 0.321 e. The molecule has 0 bridgehead atoms. The van der Waals surface area contributed by atoms with Gasteiger partial charge >= 0.3 is 6.03 Å². The highest BCUT2D eigenvalue weighted by molar-refractivity contribution is 6.05. The van der Waals surface area contributed by atoms with E-state index < -0.39 is 6.04 Å². The number of amides is 2. The molecular formula is C12H15N3O2. The molecule has 5 heteroatoms. The Bertz CT molecular complexity index is 445. The largest absolute Gasteiger partial charge is 0.494 e. The fourth-order valence-corrected chi connectivity index (χ4v) is 1.69. The molecule has 1 heterocycles. The van der Waals surface area contributed by atoms with Gasteiger partial charge in [-0.25, -0.2) is 4.79 Å². The van der Waals surface area contributed by atoms with Crippen molar-refractivity contribution >= 4 is 11.9 Å². The Balaban J connectivity index is 2.15. The minimum Gasteiger partial charge on any atom is -0.494 e. The highest BCUT2D eigenvalue weighted by atomic mass is 16.5. The molecule has 1 aliphatic heterocycles. The second kappa shape index (κ2) is 4.86. The predicted octanol–water partition coefficient (Wildman–Crippen LogP) is 1.81. The lowest BCUT2D eigenvalue weighted by Crippen LogP contribution is -2.22. The Morgan fingerprint density at radius 1 is 1.47 bits per heavy atom. The van der Waals surface area contributed by atoms with Gasteiger partial charge in [0.05, 0.1) is 6.61 Å². The molecule has 0 spiro atoms.